The average Bonchev–Trinajstić information content (AvgIpc) is 3.06. The van der Waals surface area contributed by atoms with Crippen LogP contribution in [0.15, 0.2) is 0 Å². The van der Waals surface area contributed by atoms with E-state index in [1.807, 2.05) is 0 Å². The van der Waals surface area contributed by atoms with Crippen molar-refractivity contribution in [1.82, 2.24) is 0 Å². The van der Waals surface area contributed by atoms with E-state index in [9.17, 15) is 0 Å². The van der Waals surface area contributed by atoms with Crippen molar-refractivity contribution in [2.45, 2.75) is 75.1 Å². The van der Waals surface area contributed by atoms with E-state index in [4.69, 9.17) is 4.74 Å². The van der Waals surface area contributed by atoms with Gasteiger partial charge in [0, 0.05) is 11.4 Å². The molecule has 2 rings (SSSR count). The zero-order chi connectivity index (χ0) is 11.2. The van der Waals surface area contributed by atoms with Crippen LogP contribution in [0.4, 0.5) is 0 Å². The highest BCUT2D eigenvalue weighted by molar-refractivity contribution is 9.09. The molecule has 0 heterocycles. The summed E-state index contributed by atoms with van der Waals surface area (Å²) in [7, 11) is 0. The molecule has 1 nitrogen and oxygen atoms in total. The average molecular weight is 289 g/mol. The lowest BCUT2D eigenvalue weighted by atomic mass is 9.98. The van der Waals surface area contributed by atoms with E-state index in [0.29, 0.717) is 10.9 Å². The van der Waals surface area contributed by atoms with Gasteiger partial charge in [0.15, 0.2) is 0 Å². The first-order valence-corrected chi connectivity index (χ1v) is 8.03. The monoisotopic (exact) mass is 288 g/mol. The Morgan fingerprint density at radius 2 is 1.69 bits per heavy atom. The van der Waals surface area contributed by atoms with Gasteiger partial charge >= 0.3 is 0 Å². The summed E-state index contributed by atoms with van der Waals surface area (Å²) in [5, 5.41) is 0. The molecule has 0 radical (unpaired) electrons. The molecule has 0 bridgehead atoms. The smallest absolute Gasteiger partial charge is 0.0700 e. The van der Waals surface area contributed by atoms with Crippen LogP contribution in [-0.2, 0) is 4.74 Å². The fraction of sp³-hybridized carbons (Fsp3) is 1.00. The third-order valence-electron chi connectivity index (χ3n) is 3.91. The molecular weight excluding hydrogens is 264 g/mol. The normalized spacial score (nSPS) is 32.1. The van der Waals surface area contributed by atoms with Crippen LogP contribution in [0.3, 0.4) is 0 Å². The molecule has 2 saturated carbocycles. The number of alkyl halides is 1. The summed E-state index contributed by atoms with van der Waals surface area (Å²) in [6.45, 7) is 0.989. The molecule has 0 aliphatic heterocycles. The van der Waals surface area contributed by atoms with Crippen molar-refractivity contribution in [3.63, 3.8) is 0 Å². The van der Waals surface area contributed by atoms with E-state index in [1.54, 1.807) is 0 Å². The number of hydrogen-bond donors (Lipinski definition) is 0. The Hall–Kier alpha value is 0.440. The van der Waals surface area contributed by atoms with Crippen molar-refractivity contribution < 1.29 is 4.74 Å². The van der Waals surface area contributed by atoms with E-state index < -0.39 is 0 Å². The summed E-state index contributed by atoms with van der Waals surface area (Å²) >= 11 is 3.81. The molecule has 2 aliphatic carbocycles. The second-order valence-corrected chi connectivity index (χ2v) is 6.68. The minimum atomic E-state index is 0.486. The highest BCUT2D eigenvalue weighted by Gasteiger charge is 2.22. The Morgan fingerprint density at radius 3 is 2.44 bits per heavy atom. The Labute approximate surface area is 108 Å². The Kier molecular flexibility index (Phi) is 5.64. The highest BCUT2D eigenvalue weighted by Crippen LogP contribution is 2.33. The quantitative estimate of drug-likeness (QED) is 0.527. The molecule has 16 heavy (non-hydrogen) atoms. The van der Waals surface area contributed by atoms with Gasteiger partial charge in [-0.2, -0.15) is 0 Å². The molecule has 0 spiro atoms. The van der Waals surface area contributed by atoms with Crippen LogP contribution in [0.1, 0.15) is 64.2 Å². The largest absolute Gasteiger partial charge is 0.377 e. The van der Waals surface area contributed by atoms with Crippen molar-refractivity contribution in [3.05, 3.63) is 0 Å². The molecule has 2 unspecified atom stereocenters. The minimum absolute atomic E-state index is 0.486. The summed E-state index contributed by atoms with van der Waals surface area (Å²) in [6.07, 6.45) is 14.2. The lowest BCUT2D eigenvalue weighted by Gasteiger charge is -2.25. The van der Waals surface area contributed by atoms with Gasteiger partial charge in [-0.1, -0.05) is 54.5 Å². The van der Waals surface area contributed by atoms with Gasteiger partial charge in [-0.05, 0) is 31.6 Å². The zero-order valence-corrected chi connectivity index (χ0v) is 11.9. The summed E-state index contributed by atoms with van der Waals surface area (Å²) in [4.78, 5) is 0.605. The molecule has 2 fully saturated rings. The van der Waals surface area contributed by atoms with E-state index in [1.165, 1.54) is 64.2 Å². The summed E-state index contributed by atoms with van der Waals surface area (Å²) in [6, 6.07) is 0. The van der Waals surface area contributed by atoms with Gasteiger partial charge in [0.25, 0.3) is 0 Å². The summed E-state index contributed by atoms with van der Waals surface area (Å²) in [5.41, 5.74) is 0. The molecule has 94 valence electrons. The predicted molar refractivity (Wildman–Crippen MR) is 72.1 cm³/mol. The van der Waals surface area contributed by atoms with Gasteiger partial charge in [0.05, 0.1) is 6.10 Å². The molecule has 2 atom stereocenters. The van der Waals surface area contributed by atoms with E-state index >= 15 is 0 Å². The molecular formula is C14H25BrO. The van der Waals surface area contributed by atoms with Crippen LogP contribution >= 0.6 is 15.9 Å². The fourth-order valence-corrected chi connectivity index (χ4v) is 3.35. The number of ether oxygens (including phenoxy) is 1. The second-order valence-electron chi connectivity index (χ2n) is 5.50. The first-order valence-electron chi connectivity index (χ1n) is 7.12. The van der Waals surface area contributed by atoms with Gasteiger partial charge in [-0.3, -0.25) is 0 Å². The third kappa shape index (κ3) is 4.75. The maximum absolute atomic E-state index is 6.06. The van der Waals surface area contributed by atoms with E-state index in [2.05, 4.69) is 15.9 Å². The summed E-state index contributed by atoms with van der Waals surface area (Å²) in [5.74, 6) is 1.06. The van der Waals surface area contributed by atoms with Crippen molar-refractivity contribution in [2.75, 3.05) is 6.61 Å². The van der Waals surface area contributed by atoms with Crippen LogP contribution in [-0.4, -0.2) is 17.5 Å². The number of hydrogen-bond acceptors (Lipinski definition) is 1. The Balaban J connectivity index is 1.59. The van der Waals surface area contributed by atoms with Gasteiger partial charge < -0.3 is 4.74 Å². The van der Waals surface area contributed by atoms with Gasteiger partial charge in [-0.15, -0.1) is 0 Å². The highest BCUT2D eigenvalue weighted by atomic mass is 79.9. The molecule has 0 saturated heterocycles. The topological polar surface area (TPSA) is 9.23 Å². The second kappa shape index (κ2) is 7.00. The molecule has 2 heteroatoms. The standard InChI is InChI=1S/C14H25BrO/c15-13-7-3-1-2-4-8-14(13)16-11-5-6-12-9-10-12/h12-14H,1-11H2. The third-order valence-corrected chi connectivity index (χ3v) is 4.96. The number of rotatable bonds is 5. The minimum Gasteiger partial charge on any atom is -0.377 e. The first kappa shape index (κ1) is 12.9. The maximum Gasteiger partial charge on any atom is 0.0700 e. The first-order chi connectivity index (χ1) is 7.86. The SMILES string of the molecule is BrC1CCCCCCC1OCCCC1CC1. The fourth-order valence-electron chi connectivity index (χ4n) is 2.61. The maximum atomic E-state index is 6.06. The van der Waals surface area contributed by atoms with Crippen molar-refractivity contribution in [3.8, 4) is 0 Å². The molecule has 0 aromatic rings. The van der Waals surface area contributed by atoms with E-state index in [0.717, 1.165) is 12.5 Å². The Bertz CT molecular complexity index is 191. The van der Waals surface area contributed by atoms with Crippen LogP contribution in [0.25, 0.3) is 0 Å². The van der Waals surface area contributed by atoms with Crippen LogP contribution < -0.4 is 0 Å². The van der Waals surface area contributed by atoms with Gasteiger partial charge in [-0.25, -0.2) is 0 Å². The van der Waals surface area contributed by atoms with Crippen LogP contribution in [0, 0.1) is 5.92 Å². The van der Waals surface area contributed by atoms with Gasteiger partial charge in [0.1, 0.15) is 0 Å². The number of halogens is 1. The molecule has 0 aromatic heterocycles. The lowest BCUT2D eigenvalue weighted by molar-refractivity contribution is 0.0383. The Morgan fingerprint density at radius 1 is 0.938 bits per heavy atom. The van der Waals surface area contributed by atoms with E-state index in [-0.39, 0.29) is 0 Å². The predicted octanol–water partition coefficient (Wildman–Crippen LogP) is 4.68. The molecule has 0 N–H and O–H groups in total. The summed E-state index contributed by atoms with van der Waals surface area (Å²) < 4.78 is 6.06. The van der Waals surface area contributed by atoms with Crippen LogP contribution in [0.5, 0.6) is 0 Å². The van der Waals surface area contributed by atoms with Crippen LogP contribution in [0.2, 0.25) is 0 Å². The molecule has 0 amide bonds. The zero-order valence-electron chi connectivity index (χ0n) is 10.3. The molecule has 0 aromatic carbocycles. The molecule has 2 aliphatic rings. The van der Waals surface area contributed by atoms with Crippen molar-refractivity contribution in [2.24, 2.45) is 5.92 Å². The van der Waals surface area contributed by atoms with Crippen molar-refractivity contribution >= 4 is 15.9 Å². The van der Waals surface area contributed by atoms with Gasteiger partial charge in [0.2, 0.25) is 0 Å². The lowest BCUT2D eigenvalue weighted by Crippen LogP contribution is -2.26. The van der Waals surface area contributed by atoms with Crippen molar-refractivity contribution in [1.29, 1.82) is 0 Å².